The molecular weight excluding hydrogens is 406 g/mol. The van der Waals surface area contributed by atoms with Crippen LogP contribution >= 0.6 is 11.6 Å². The van der Waals surface area contributed by atoms with Gasteiger partial charge in [-0.3, -0.25) is 0 Å². The van der Waals surface area contributed by atoms with Crippen molar-refractivity contribution in [2.45, 2.75) is 25.4 Å². The molecule has 160 valence electrons. The van der Waals surface area contributed by atoms with E-state index in [0.29, 0.717) is 29.0 Å². The van der Waals surface area contributed by atoms with Crippen LogP contribution in [0.15, 0.2) is 41.8 Å². The number of hydrogen-bond donors (Lipinski definition) is 3. The molecule has 1 aliphatic rings. The second kappa shape index (κ2) is 13.5. The summed E-state index contributed by atoms with van der Waals surface area (Å²) in [4.78, 5) is 26.4. The molecule has 2 rings (SSSR count). The van der Waals surface area contributed by atoms with Crippen LogP contribution in [0.2, 0.25) is 0 Å². The van der Waals surface area contributed by atoms with Crippen molar-refractivity contribution in [2.24, 2.45) is 5.16 Å². The minimum atomic E-state index is -1.26. The van der Waals surface area contributed by atoms with Crippen molar-refractivity contribution in [1.29, 1.82) is 0 Å². The summed E-state index contributed by atoms with van der Waals surface area (Å²) < 4.78 is 0.637. The van der Waals surface area contributed by atoms with E-state index in [4.69, 9.17) is 26.7 Å². The minimum absolute atomic E-state index is 0.0803. The Kier molecular flexibility index (Phi) is 11.3. The van der Waals surface area contributed by atoms with E-state index < -0.39 is 18.0 Å². The molecule has 0 unspecified atom stereocenters. The quantitative estimate of drug-likeness (QED) is 0.181. The van der Waals surface area contributed by atoms with Crippen molar-refractivity contribution in [3.8, 4) is 0 Å². The standard InChI is InChI=1S/C14H20ClN3O3.C4H4O4/c15-14(12-5-4-8-18(20)9-12)16-21-11-13(19)10-17-6-2-1-3-7-17;5-3(6)1-2-4(7)8/h4-5,8-9,13,19H,1-3,6-7,10-11H2;1-2H,(H,5,6)(H,7,8)/b16-14-;2-1-/t13-;/m1./s1. The van der Waals surface area contributed by atoms with E-state index >= 15 is 0 Å². The highest BCUT2D eigenvalue weighted by atomic mass is 35.5. The van der Waals surface area contributed by atoms with Gasteiger partial charge in [-0.1, -0.05) is 23.2 Å². The number of aliphatic hydroxyl groups is 1. The van der Waals surface area contributed by atoms with Crippen molar-refractivity contribution in [3.63, 3.8) is 0 Å². The first-order valence-corrected chi connectivity index (χ1v) is 9.24. The fourth-order valence-electron chi connectivity index (χ4n) is 2.44. The number of halogens is 1. The largest absolute Gasteiger partial charge is 0.619 e. The molecule has 1 aromatic rings. The van der Waals surface area contributed by atoms with Crippen molar-refractivity contribution in [3.05, 3.63) is 47.4 Å². The number of piperidine rings is 1. The van der Waals surface area contributed by atoms with Crippen molar-refractivity contribution in [1.82, 2.24) is 4.90 Å². The Morgan fingerprint density at radius 2 is 1.90 bits per heavy atom. The molecule has 3 N–H and O–H groups in total. The average molecular weight is 430 g/mol. The summed E-state index contributed by atoms with van der Waals surface area (Å²) >= 11 is 5.93. The molecule has 0 spiro atoms. The van der Waals surface area contributed by atoms with Gasteiger partial charge in [0, 0.05) is 24.8 Å². The molecule has 0 amide bonds. The third kappa shape index (κ3) is 11.7. The molecule has 1 saturated heterocycles. The van der Waals surface area contributed by atoms with E-state index in [1.165, 1.54) is 31.7 Å². The van der Waals surface area contributed by atoms with Crippen LogP contribution in [0.1, 0.15) is 24.8 Å². The summed E-state index contributed by atoms with van der Waals surface area (Å²) in [7, 11) is 0. The highest BCUT2D eigenvalue weighted by Gasteiger charge is 2.15. The molecule has 1 aliphatic heterocycles. The summed E-state index contributed by atoms with van der Waals surface area (Å²) in [6, 6.07) is 3.24. The molecule has 0 saturated carbocycles. The zero-order chi connectivity index (χ0) is 21.6. The fourth-order valence-corrected chi connectivity index (χ4v) is 2.61. The maximum absolute atomic E-state index is 11.1. The minimum Gasteiger partial charge on any atom is -0.619 e. The molecule has 29 heavy (non-hydrogen) atoms. The predicted molar refractivity (Wildman–Crippen MR) is 104 cm³/mol. The van der Waals surface area contributed by atoms with E-state index in [1.54, 1.807) is 12.1 Å². The number of carboxylic acid groups (broad SMARTS) is 2. The third-order valence-electron chi connectivity index (χ3n) is 3.71. The van der Waals surface area contributed by atoms with Gasteiger partial charge in [-0.05, 0) is 32.0 Å². The van der Waals surface area contributed by atoms with Crippen LogP contribution in [0.3, 0.4) is 0 Å². The normalized spacial score (nSPS) is 16.0. The van der Waals surface area contributed by atoms with Gasteiger partial charge in [0.05, 0.1) is 5.56 Å². The van der Waals surface area contributed by atoms with Crippen LogP contribution in [0.4, 0.5) is 0 Å². The number of hydrogen-bond acceptors (Lipinski definition) is 7. The molecule has 11 heteroatoms. The number of aliphatic carboxylic acids is 2. The zero-order valence-electron chi connectivity index (χ0n) is 15.7. The maximum atomic E-state index is 11.1. The zero-order valence-corrected chi connectivity index (χ0v) is 16.4. The monoisotopic (exact) mass is 429 g/mol. The van der Waals surface area contributed by atoms with Gasteiger partial charge in [-0.25, -0.2) is 9.59 Å². The van der Waals surface area contributed by atoms with E-state index in [9.17, 15) is 19.9 Å². The number of β-amino-alcohol motifs (C(OH)–C–C–N with tert-alkyl or cyclic N) is 1. The van der Waals surface area contributed by atoms with Crippen molar-refractivity contribution < 1.29 is 34.5 Å². The number of oxime groups is 1. The Morgan fingerprint density at radius 1 is 1.28 bits per heavy atom. The molecule has 0 aromatic carbocycles. The lowest BCUT2D eigenvalue weighted by Gasteiger charge is -2.27. The van der Waals surface area contributed by atoms with Gasteiger partial charge >= 0.3 is 11.9 Å². The number of nitrogens with zero attached hydrogens (tertiary/aromatic N) is 3. The van der Waals surface area contributed by atoms with E-state index in [2.05, 4.69) is 10.1 Å². The van der Waals surface area contributed by atoms with E-state index in [-0.39, 0.29) is 11.8 Å². The first-order chi connectivity index (χ1) is 13.8. The Hall–Kier alpha value is -2.69. The van der Waals surface area contributed by atoms with Crippen molar-refractivity contribution >= 4 is 28.7 Å². The molecule has 2 heterocycles. The lowest BCUT2D eigenvalue weighted by atomic mass is 10.1. The van der Waals surface area contributed by atoms with Gasteiger partial charge in [-0.2, -0.15) is 4.73 Å². The number of aliphatic hydroxyl groups excluding tert-OH is 1. The number of aromatic nitrogens is 1. The summed E-state index contributed by atoms with van der Waals surface area (Å²) in [5.41, 5.74) is 0.472. The lowest BCUT2D eigenvalue weighted by molar-refractivity contribution is -0.605. The first kappa shape index (κ1) is 24.3. The molecule has 0 aliphatic carbocycles. The SMILES string of the molecule is O=C(O)/C=C\C(=O)O.[O-][n+]1cccc(/C(Cl)=N/OC[C@H](O)CN2CCCCC2)c1. The summed E-state index contributed by atoms with van der Waals surface area (Å²) in [5, 5.41) is 40.4. The van der Waals surface area contributed by atoms with Crippen LogP contribution < -0.4 is 4.73 Å². The van der Waals surface area contributed by atoms with Crippen LogP contribution in [-0.2, 0) is 14.4 Å². The summed E-state index contributed by atoms with van der Waals surface area (Å²) in [6.07, 6.45) is 6.80. The molecule has 0 bridgehead atoms. The van der Waals surface area contributed by atoms with Gasteiger partial charge in [0.15, 0.2) is 17.6 Å². The number of carboxylic acids is 2. The molecule has 0 radical (unpaired) electrons. The van der Waals surface area contributed by atoms with Gasteiger partial charge < -0.3 is 30.3 Å². The summed E-state index contributed by atoms with van der Waals surface area (Å²) in [5.74, 6) is -2.51. The topological polar surface area (TPSA) is 147 Å². The van der Waals surface area contributed by atoms with Gasteiger partial charge in [0.1, 0.15) is 12.7 Å². The first-order valence-electron chi connectivity index (χ1n) is 8.87. The second-order valence-corrected chi connectivity index (χ2v) is 6.51. The maximum Gasteiger partial charge on any atom is 0.328 e. The Bertz CT molecular complexity index is 705. The number of pyridine rings is 1. The van der Waals surface area contributed by atoms with Crippen LogP contribution in [0.25, 0.3) is 0 Å². The van der Waals surface area contributed by atoms with Crippen LogP contribution in [0.5, 0.6) is 0 Å². The van der Waals surface area contributed by atoms with Crippen LogP contribution in [-0.4, -0.2) is 69.7 Å². The Balaban J connectivity index is 0.000000447. The van der Waals surface area contributed by atoms with Gasteiger partial charge in [-0.15, -0.1) is 0 Å². The fraction of sp³-hybridized carbons (Fsp3) is 0.444. The smallest absolute Gasteiger partial charge is 0.328 e. The van der Waals surface area contributed by atoms with Gasteiger partial charge in [0.25, 0.3) is 0 Å². The molecular formula is C18H24ClN3O7. The van der Waals surface area contributed by atoms with E-state index in [0.717, 1.165) is 13.1 Å². The highest BCUT2D eigenvalue weighted by molar-refractivity contribution is 6.69. The molecule has 1 fully saturated rings. The number of likely N-dealkylation sites (tertiary alicyclic amines) is 1. The predicted octanol–water partition coefficient (Wildman–Crippen LogP) is 0.796. The van der Waals surface area contributed by atoms with Crippen LogP contribution in [0, 0.1) is 5.21 Å². The number of carbonyl (C=O) groups is 2. The lowest BCUT2D eigenvalue weighted by Crippen LogP contribution is -2.38. The second-order valence-electron chi connectivity index (χ2n) is 6.16. The van der Waals surface area contributed by atoms with Gasteiger partial charge in [0.2, 0.25) is 0 Å². The van der Waals surface area contributed by atoms with Crippen molar-refractivity contribution in [2.75, 3.05) is 26.2 Å². The third-order valence-corrected chi connectivity index (χ3v) is 4.00. The molecule has 1 aromatic heterocycles. The Labute approximate surface area is 172 Å². The highest BCUT2D eigenvalue weighted by Crippen LogP contribution is 2.09. The molecule has 1 atom stereocenters. The number of rotatable bonds is 8. The summed E-state index contributed by atoms with van der Waals surface area (Å²) in [6.45, 7) is 2.71. The Morgan fingerprint density at radius 3 is 2.45 bits per heavy atom. The molecule has 10 nitrogen and oxygen atoms in total. The average Bonchev–Trinajstić information content (AvgIpc) is 2.67. The van der Waals surface area contributed by atoms with E-state index in [1.807, 2.05) is 0 Å².